The molecule has 0 aliphatic heterocycles. The van der Waals surface area contributed by atoms with Crippen LogP contribution in [0.25, 0.3) is 0 Å². The lowest BCUT2D eigenvalue weighted by atomic mass is 10.1. The number of pyridine rings is 1. The van der Waals surface area contributed by atoms with E-state index in [0.29, 0.717) is 6.04 Å². The molecular weight excluding hydrogens is 160 g/mol. The molecule has 0 amide bonds. The molecule has 0 bridgehead atoms. The van der Waals surface area contributed by atoms with Gasteiger partial charge in [-0.05, 0) is 37.3 Å². The Morgan fingerprint density at radius 3 is 3.00 bits per heavy atom. The van der Waals surface area contributed by atoms with E-state index < -0.39 is 0 Å². The highest BCUT2D eigenvalue weighted by Crippen LogP contribution is 2.05. The Balaban J connectivity index is 2.20. The first-order chi connectivity index (χ1) is 6.33. The van der Waals surface area contributed by atoms with E-state index in [1.165, 1.54) is 12.0 Å². The van der Waals surface area contributed by atoms with E-state index in [-0.39, 0.29) is 0 Å². The molecule has 1 aromatic heterocycles. The molecule has 1 heterocycles. The Labute approximate surface area is 80.2 Å². The van der Waals surface area contributed by atoms with Crippen molar-refractivity contribution in [3.05, 3.63) is 30.1 Å². The summed E-state index contributed by atoms with van der Waals surface area (Å²) in [6, 6.07) is 4.47. The largest absolute Gasteiger partial charge is 0.328 e. The van der Waals surface area contributed by atoms with Crippen molar-refractivity contribution in [2.45, 2.75) is 38.6 Å². The van der Waals surface area contributed by atoms with Crippen LogP contribution in [0.3, 0.4) is 0 Å². The lowest BCUT2D eigenvalue weighted by molar-refractivity contribution is 0.568. The Morgan fingerprint density at radius 2 is 2.38 bits per heavy atom. The van der Waals surface area contributed by atoms with Gasteiger partial charge >= 0.3 is 0 Å². The summed E-state index contributed by atoms with van der Waals surface area (Å²) in [4.78, 5) is 4.07. The minimum absolute atomic E-state index is 0.372. The molecule has 0 radical (unpaired) electrons. The molecule has 1 aromatic rings. The predicted molar refractivity (Wildman–Crippen MR) is 55.4 cm³/mol. The van der Waals surface area contributed by atoms with E-state index in [2.05, 4.69) is 18.0 Å². The van der Waals surface area contributed by atoms with Crippen molar-refractivity contribution in [1.29, 1.82) is 0 Å². The lowest BCUT2D eigenvalue weighted by Crippen LogP contribution is -2.18. The summed E-state index contributed by atoms with van der Waals surface area (Å²) in [5, 5.41) is 0. The van der Waals surface area contributed by atoms with E-state index in [1.807, 2.05) is 12.3 Å². The topological polar surface area (TPSA) is 38.9 Å². The number of hydrogen-bond acceptors (Lipinski definition) is 2. The van der Waals surface area contributed by atoms with Crippen LogP contribution in [0, 0.1) is 0 Å². The summed E-state index contributed by atoms with van der Waals surface area (Å²) in [5.74, 6) is 0. The van der Waals surface area contributed by atoms with E-state index in [4.69, 9.17) is 5.73 Å². The van der Waals surface area contributed by atoms with Gasteiger partial charge in [0, 0.05) is 18.4 Å². The minimum atomic E-state index is 0.372. The van der Waals surface area contributed by atoms with Gasteiger partial charge in [0.1, 0.15) is 0 Å². The summed E-state index contributed by atoms with van der Waals surface area (Å²) in [6.07, 6.45) is 8.19. The van der Waals surface area contributed by atoms with E-state index in [0.717, 1.165) is 19.3 Å². The average molecular weight is 178 g/mol. The fourth-order valence-electron chi connectivity index (χ4n) is 1.32. The second-order valence-electron chi connectivity index (χ2n) is 3.42. The number of nitrogens with two attached hydrogens (primary N) is 1. The maximum atomic E-state index is 5.82. The first-order valence-corrected chi connectivity index (χ1v) is 4.97. The molecule has 0 unspecified atom stereocenters. The van der Waals surface area contributed by atoms with Crippen LogP contribution in [0.5, 0.6) is 0 Å². The summed E-state index contributed by atoms with van der Waals surface area (Å²) in [7, 11) is 0. The lowest BCUT2D eigenvalue weighted by Gasteiger charge is -2.07. The molecule has 72 valence electrons. The van der Waals surface area contributed by atoms with Gasteiger partial charge in [-0.1, -0.05) is 13.0 Å². The monoisotopic (exact) mass is 178 g/mol. The van der Waals surface area contributed by atoms with Gasteiger partial charge in [0.25, 0.3) is 0 Å². The predicted octanol–water partition coefficient (Wildman–Crippen LogP) is 2.14. The van der Waals surface area contributed by atoms with E-state index in [9.17, 15) is 0 Å². The maximum absolute atomic E-state index is 5.82. The number of rotatable bonds is 5. The number of nitrogens with zero attached hydrogens (tertiary/aromatic N) is 1. The molecule has 0 aliphatic rings. The third-order valence-electron chi connectivity index (χ3n) is 2.29. The van der Waals surface area contributed by atoms with Crippen LogP contribution in [0.15, 0.2) is 24.5 Å². The number of aryl methyl sites for hydroxylation is 1. The molecule has 0 saturated heterocycles. The minimum Gasteiger partial charge on any atom is -0.328 e. The molecule has 1 rings (SSSR count). The number of hydrogen-bond donors (Lipinski definition) is 1. The van der Waals surface area contributed by atoms with Crippen molar-refractivity contribution in [3.63, 3.8) is 0 Å². The Bertz CT molecular complexity index is 221. The first-order valence-electron chi connectivity index (χ1n) is 4.97. The molecule has 2 nitrogen and oxygen atoms in total. The van der Waals surface area contributed by atoms with Crippen molar-refractivity contribution >= 4 is 0 Å². The Hall–Kier alpha value is -0.890. The van der Waals surface area contributed by atoms with Gasteiger partial charge in [0.05, 0.1) is 0 Å². The van der Waals surface area contributed by atoms with Crippen molar-refractivity contribution in [2.75, 3.05) is 0 Å². The standard InChI is InChI=1S/C11H18N2/c1-2-11(12)7-3-5-10-6-4-8-13-9-10/h4,6,8-9,11H,2-3,5,7,12H2,1H3/t11-/m0/s1. The van der Waals surface area contributed by atoms with Crippen molar-refractivity contribution in [3.8, 4) is 0 Å². The summed E-state index contributed by atoms with van der Waals surface area (Å²) in [6.45, 7) is 2.13. The first kappa shape index (κ1) is 10.2. The van der Waals surface area contributed by atoms with Crippen molar-refractivity contribution in [2.24, 2.45) is 5.73 Å². The third-order valence-corrected chi connectivity index (χ3v) is 2.29. The zero-order valence-corrected chi connectivity index (χ0v) is 8.24. The van der Waals surface area contributed by atoms with Crippen LogP contribution in [0.4, 0.5) is 0 Å². The second-order valence-corrected chi connectivity index (χ2v) is 3.42. The highest BCUT2D eigenvalue weighted by Gasteiger charge is 1.98. The summed E-state index contributed by atoms with van der Waals surface area (Å²) in [5.41, 5.74) is 7.13. The Kier molecular flexibility index (Phi) is 4.47. The zero-order chi connectivity index (χ0) is 9.52. The van der Waals surface area contributed by atoms with Crippen LogP contribution in [0.1, 0.15) is 31.7 Å². The van der Waals surface area contributed by atoms with Gasteiger partial charge in [0.15, 0.2) is 0 Å². The highest BCUT2D eigenvalue weighted by molar-refractivity contribution is 5.08. The van der Waals surface area contributed by atoms with Gasteiger partial charge in [0.2, 0.25) is 0 Å². The quantitative estimate of drug-likeness (QED) is 0.750. The summed E-state index contributed by atoms with van der Waals surface area (Å²) >= 11 is 0. The van der Waals surface area contributed by atoms with Gasteiger partial charge in [-0.15, -0.1) is 0 Å². The van der Waals surface area contributed by atoms with Crippen LogP contribution < -0.4 is 5.73 Å². The average Bonchev–Trinajstić information content (AvgIpc) is 2.19. The van der Waals surface area contributed by atoms with Gasteiger partial charge in [-0.3, -0.25) is 4.98 Å². The fraction of sp³-hybridized carbons (Fsp3) is 0.545. The molecule has 0 aromatic carbocycles. The van der Waals surface area contributed by atoms with Crippen LogP contribution in [0.2, 0.25) is 0 Å². The molecule has 0 fully saturated rings. The van der Waals surface area contributed by atoms with Gasteiger partial charge < -0.3 is 5.73 Å². The molecule has 2 N–H and O–H groups in total. The molecule has 0 saturated carbocycles. The third kappa shape index (κ3) is 4.04. The van der Waals surface area contributed by atoms with E-state index >= 15 is 0 Å². The molecule has 2 heteroatoms. The number of aromatic nitrogens is 1. The molecule has 0 aliphatic carbocycles. The second kappa shape index (κ2) is 5.70. The van der Waals surface area contributed by atoms with E-state index in [1.54, 1.807) is 6.20 Å². The van der Waals surface area contributed by atoms with Crippen molar-refractivity contribution in [1.82, 2.24) is 4.98 Å². The Morgan fingerprint density at radius 1 is 1.54 bits per heavy atom. The van der Waals surface area contributed by atoms with Crippen LogP contribution in [-0.2, 0) is 6.42 Å². The van der Waals surface area contributed by atoms with Gasteiger partial charge in [-0.2, -0.15) is 0 Å². The smallest absolute Gasteiger partial charge is 0.0299 e. The molecule has 1 atom stereocenters. The molecule has 0 spiro atoms. The van der Waals surface area contributed by atoms with Crippen LogP contribution >= 0.6 is 0 Å². The SMILES string of the molecule is CC[C@H](N)CCCc1cccnc1. The fourth-order valence-corrected chi connectivity index (χ4v) is 1.32. The maximum Gasteiger partial charge on any atom is 0.0299 e. The van der Waals surface area contributed by atoms with Crippen LogP contribution in [-0.4, -0.2) is 11.0 Å². The zero-order valence-electron chi connectivity index (χ0n) is 8.24. The van der Waals surface area contributed by atoms with Crippen molar-refractivity contribution < 1.29 is 0 Å². The highest BCUT2D eigenvalue weighted by atomic mass is 14.6. The summed E-state index contributed by atoms with van der Waals surface area (Å²) < 4.78 is 0. The molecule has 13 heavy (non-hydrogen) atoms. The molecular formula is C11H18N2. The van der Waals surface area contributed by atoms with Gasteiger partial charge in [-0.25, -0.2) is 0 Å². The normalized spacial score (nSPS) is 12.8.